The van der Waals surface area contributed by atoms with Crippen molar-refractivity contribution in [3.05, 3.63) is 271 Å². The molecule has 10 aromatic rings. The first kappa shape index (κ1) is 55.8. The minimum Gasteiger partial charge on any atom is -0.507 e. The van der Waals surface area contributed by atoms with Crippen molar-refractivity contribution in [2.75, 3.05) is 0 Å². The van der Waals surface area contributed by atoms with Crippen LogP contribution in [0.1, 0.15) is 79.2 Å². The van der Waals surface area contributed by atoms with Gasteiger partial charge in [-0.3, -0.25) is 24.3 Å². The highest BCUT2D eigenvalue weighted by molar-refractivity contribution is 7.90. The predicted octanol–water partition coefficient (Wildman–Crippen LogP) is 10.0. The number of aliphatic hydroxyl groups is 1. The van der Waals surface area contributed by atoms with E-state index in [1.807, 2.05) is 82.3 Å². The fourth-order valence-corrected chi connectivity index (χ4v) is 9.23. The largest absolute Gasteiger partial charge is 0.507 e. The minimum atomic E-state index is -3.59. The van der Waals surface area contributed by atoms with Crippen LogP contribution in [0.5, 0.6) is 0 Å². The molecule has 0 spiro atoms. The van der Waals surface area contributed by atoms with Gasteiger partial charge in [-0.25, -0.2) is 29.8 Å². The summed E-state index contributed by atoms with van der Waals surface area (Å²) in [4.78, 5) is 51.5. The minimum absolute atomic E-state index is 0.0928. The third kappa shape index (κ3) is 16.3. The Bertz CT molecular complexity index is 3660. The summed E-state index contributed by atoms with van der Waals surface area (Å²) in [5.41, 5.74) is 4.86. The number of ketones is 4. The molecule has 6 heterocycles. The van der Waals surface area contributed by atoms with Gasteiger partial charge >= 0.3 is 0 Å². The molecular weight excluding hydrogens is 1000 g/mol. The maximum Gasteiger partial charge on any atom is 0.267 e. The van der Waals surface area contributed by atoms with E-state index in [-0.39, 0.29) is 33.8 Å². The van der Waals surface area contributed by atoms with E-state index in [4.69, 9.17) is 0 Å². The second-order valence-electron chi connectivity index (χ2n) is 16.5. The number of Topliss-reactive ketones (excluding diaryl/α,β-unsaturated/α-hetero) is 3. The van der Waals surface area contributed by atoms with Crippen LogP contribution in [0.3, 0.4) is 0 Å². The van der Waals surface area contributed by atoms with E-state index >= 15 is 0 Å². The van der Waals surface area contributed by atoms with E-state index in [0.717, 1.165) is 33.3 Å². The molecule has 0 radical (unpaired) electrons. The van der Waals surface area contributed by atoms with E-state index in [9.17, 15) is 41.1 Å². The highest BCUT2D eigenvalue weighted by Gasteiger charge is 2.17. The molecule has 0 atom stereocenters. The predicted molar refractivity (Wildman–Crippen MR) is 289 cm³/mol. The van der Waals surface area contributed by atoms with Gasteiger partial charge in [-0.15, -0.1) is 0 Å². The Kier molecular flexibility index (Phi) is 19.8. The van der Waals surface area contributed by atoms with Gasteiger partial charge in [-0.2, -0.15) is 5.10 Å². The lowest BCUT2D eigenvalue weighted by Crippen LogP contribution is -2.10. The summed E-state index contributed by atoms with van der Waals surface area (Å²) >= 11 is 0. The Hall–Kier alpha value is -9.46. The van der Waals surface area contributed by atoms with Gasteiger partial charge in [0.25, 0.3) is 20.0 Å². The number of nitrogens with zero attached hydrogens (tertiary/aromatic N) is 6. The van der Waals surface area contributed by atoms with Crippen molar-refractivity contribution in [1.29, 1.82) is 0 Å². The number of aromatic nitrogens is 8. The van der Waals surface area contributed by atoms with E-state index in [1.54, 1.807) is 105 Å². The number of aliphatic hydroxyl groups excluding tert-OH is 1. The Morgan fingerprint density at radius 3 is 1.38 bits per heavy atom. The van der Waals surface area contributed by atoms with Gasteiger partial charge in [0.2, 0.25) is 5.78 Å². The van der Waals surface area contributed by atoms with Crippen LogP contribution in [0.4, 0.5) is 0 Å². The molecule has 0 fully saturated rings. The Labute approximate surface area is 440 Å². The second kappa shape index (κ2) is 27.0. The quantitative estimate of drug-likeness (QED) is 0.0526. The molecule has 0 bridgehead atoms. The molecule has 3 N–H and O–H groups in total. The zero-order valence-electron chi connectivity index (χ0n) is 41.6. The fourth-order valence-electron chi connectivity index (χ4n) is 6.81. The van der Waals surface area contributed by atoms with E-state index in [1.165, 1.54) is 65.8 Å². The molecule has 0 aliphatic heterocycles. The number of hydrogen-bond acceptors (Lipinski definition) is 11. The topological polar surface area (TPSA) is 234 Å². The lowest BCUT2D eigenvalue weighted by Gasteiger charge is -2.04. The molecule has 76 heavy (non-hydrogen) atoms. The average molecular weight is 1060 g/mol. The first-order valence-corrected chi connectivity index (χ1v) is 26.2. The summed E-state index contributed by atoms with van der Waals surface area (Å²) in [5, 5.41) is 16.1. The molecule has 0 aliphatic carbocycles. The number of carbonyl (C=O) groups excluding carboxylic acids is 4. The van der Waals surface area contributed by atoms with Crippen LogP contribution in [-0.4, -0.2) is 82.3 Å². The zero-order valence-corrected chi connectivity index (χ0v) is 43.2. The molecule has 17 nitrogen and oxygen atoms in total. The summed E-state index contributed by atoms with van der Waals surface area (Å²) in [7, 11) is -6.97. The summed E-state index contributed by atoms with van der Waals surface area (Å²) in [6.45, 7) is 6.04. The van der Waals surface area contributed by atoms with Crippen LogP contribution in [-0.2, 0) is 33.1 Å². The average Bonchev–Trinajstić information content (AvgIpc) is 4.28. The summed E-state index contributed by atoms with van der Waals surface area (Å²) in [5.74, 6) is -0.380. The molecule has 6 aromatic heterocycles. The molecule has 388 valence electrons. The summed E-state index contributed by atoms with van der Waals surface area (Å²) in [6.07, 6.45) is 19.0. The molecule has 0 saturated carbocycles. The second-order valence-corrected chi connectivity index (χ2v) is 20.2. The Morgan fingerprint density at radius 1 is 0.513 bits per heavy atom. The molecule has 10 rings (SSSR count). The first-order valence-electron chi connectivity index (χ1n) is 23.3. The molecular formula is C57H54N8O9S2. The zero-order chi connectivity index (χ0) is 54.5. The Morgan fingerprint density at radius 2 is 0.961 bits per heavy atom. The van der Waals surface area contributed by atoms with Crippen molar-refractivity contribution in [2.45, 2.75) is 43.7 Å². The number of H-pyrrole nitrogens is 2. The molecule has 0 amide bonds. The van der Waals surface area contributed by atoms with Gasteiger partial charge in [0.1, 0.15) is 12.1 Å². The lowest BCUT2D eigenvalue weighted by atomic mass is 10.2. The third-order valence-electron chi connectivity index (χ3n) is 10.8. The normalized spacial score (nSPS) is 11.0. The number of benzene rings is 4. The fraction of sp³-hybridized carbons (Fsp3) is 0.0877. The number of allylic oxidation sites excluding steroid dienone is 1. The molecule has 0 aliphatic rings. The lowest BCUT2D eigenvalue weighted by molar-refractivity contribution is 0.100. The highest BCUT2D eigenvalue weighted by atomic mass is 32.2. The number of aromatic amines is 2. The smallest absolute Gasteiger partial charge is 0.267 e. The van der Waals surface area contributed by atoms with Crippen molar-refractivity contribution in [3.8, 4) is 0 Å². The van der Waals surface area contributed by atoms with E-state index in [0.29, 0.717) is 22.6 Å². The van der Waals surface area contributed by atoms with E-state index in [2.05, 4.69) is 32.3 Å². The van der Waals surface area contributed by atoms with Crippen LogP contribution >= 0.6 is 0 Å². The van der Waals surface area contributed by atoms with Crippen molar-refractivity contribution in [1.82, 2.24) is 37.2 Å². The van der Waals surface area contributed by atoms with Crippen molar-refractivity contribution < 1.29 is 41.1 Å². The number of rotatable bonds is 14. The number of nitrogens with one attached hydrogen (secondary N) is 2. The number of hydrogen-bond donors (Lipinski definition) is 3. The van der Waals surface area contributed by atoms with Crippen molar-refractivity contribution in [2.24, 2.45) is 0 Å². The van der Waals surface area contributed by atoms with Crippen molar-refractivity contribution >= 4 is 48.9 Å². The van der Waals surface area contributed by atoms with Gasteiger partial charge in [0, 0.05) is 103 Å². The summed E-state index contributed by atoms with van der Waals surface area (Å²) < 4.78 is 54.2. The molecule has 0 saturated heterocycles. The van der Waals surface area contributed by atoms with Gasteiger partial charge in [-0.05, 0) is 92.6 Å². The SMILES string of the molecule is CC(=O)c1cc[nH]c1.CC(=O)c1ccn(Cc2ccccc2)c1.CC(=O)c1ccn(S(=O)(=O)c2ccccc2)c1.O=C(C=C(O)c1ccn(Cc2ccccc2)c1)c1ncn[nH]1.O=S(=O)(c1ccccc1)n1cccc1. The maximum absolute atomic E-state index is 12.1. The maximum atomic E-state index is 12.1. The van der Waals surface area contributed by atoms with Crippen LogP contribution in [0, 0.1) is 0 Å². The molecule has 0 unspecified atom stereocenters. The Balaban J connectivity index is 0.000000159. The van der Waals surface area contributed by atoms with Crippen LogP contribution < -0.4 is 0 Å². The van der Waals surface area contributed by atoms with Crippen LogP contribution in [0.25, 0.3) is 5.76 Å². The monoisotopic (exact) mass is 1060 g/mol. The summed E-state index contributed by atoms with van der Waals surface area (Å²) in [6, 6.07) is 46.8. The van der Waals surface area contributed by atoms with Gasteiger partial charge in [-0.1, -0.05) is 97.1 Å². The first-order chi connectivity index (χ1) is 36.5. The van der Waals surface area contributed by atoms with Crippen LogP contribution in [0.15, 0.2) is 242 Å². The van der Waals surface area contributed by atoms with Crippen molar-refractivity contribution in [3.63, 3.8) is 0 Å². The van der Waals surface area contributed by atoms with E-state index < -0.39 is 25.8 Å². The van der Waals surface area contributed by atoms with Gasteiger partial charge in [0.15, 0.2) is 23.2 Å². The third-order valence-corrected chi connectivity index (χ3v) is 14.1. The molecule has 19 heteroatoms. The molecule has 4 aromatic carbocycles. The standard InChI is InChI=1S/C16H14N4O2.C13H13NO.C12H11NO3S.C10H9NO2S.C6H7NO/c21-14(8-15(22)16-17-11-18-19-16)13-6-7-20(10-13)9-12-4-2-1-3-5-12;1-11(15)13-7-8-14(10-13)9-12-5-3-2-4-6-12;1-10(14)11-7-8-13(9-11)17(15,16)12-5-3-2-4-6-12;12-14(13,11-8-4-5-9-11)10-6-2-1-3-7-10;1-5(8)6-2-3-7-4-6/h1-8,10-11,21H,9H2,(H,17,18,19);2-8,10H,9H2,1H3;2-9H,1H3;1-9H;2-4,7H,1H3. The highest BCUT2D eigenvalue weighted by Crippen LogP contribution is 2.17. The van der Waals surface area contributed by atoms with Crippen LogP contribution in [0.2, 0.25) is 0 Å². The number of carbonyl (C=O) groups is 4. The van der Waals surface area contributed by atoms with Gasteiger partial charge < -0.3 is 19.2 Å². The van der Waals surface area contributed by atoms with Gasteiger partial charge in [0.05, 0.1) is 9.79 Å².